The number of anilines is 1. The van der Waals surface area contributed by atoms with Gasteiger partial charge in [-0.3, -0.25) is 0 Å². The molecule has 2 N–H and O–H groups in total. The van der Waals surface area contributed by atoms with Crippen molar-refractivity contribution in [3.8, 4) is 11.6 Å². The number of rotatable bonds is 8. The lowest BCUT2D eigenvalue weighted by Gasteiger charge is -2.19. The van der Waals surface area contributed by atoms with Crippen molar-refractivity contribution in [3.63, 3.8) is 0 Å². The van der Waals surface area contributed by atoms with Gasteiger partial charge in [0.05, 0.1) is 7.11 Å². The maximum Gasteiger partial charge on any atom is 0.422 e. The van der Waals surface area contributed by atoms with E-state index in [2.05, 4.69) is 25.3 Å². The minimum atomic E-state index is -4.43. The summed E-state index contributed by atoms with van der Waals surface area (Å²) in [5.41, 5.74) is 1.68. The summed E-state index contributed by atoms with van der Waals surface area (Å²) in [5, 5.41) is 5.55. The van der Waals surface area contributed by atoms with Gasteiger partial charge in [-0.25, -0.2) is 9.78 Å². The van der Waals surface area contributed by atoms with E-state index < -0.39 is 12.8 Å². The number of methoxy groups -OCH3 is 1. The van der Waals surface area contributed by atoms with Gasteiger partial charge in [0.15, 0.2) is 6.61 Å². The zero-order chi connectivity index (χ0) is 22.3. The first-order chi connectivity index (χ1) is 14.8. The van der Waals surface area contributed by atoms with E-state index in [1.807, 2.05) is 24.3 Å². The Morgan fingerprint density at radius 2 is 2.10 bits per heavy atom. The minimum Gasteiger partial charge on any atom is -0.497 e. The van der Waals surface area contributed by atoms with E-state index in [4.69, 9.17) is 4.74 Å². The van der Waals surface area contributed by atoms with Crippen LogP contribution in [0.4, 0.5) is 23.7 Å². The van der Waals surface area contributed by atoms with Crippen LogP contribution in [-0.2, 0) is 6.54 Å². The smallest absolute Gasteiger partial charge is 0.422 e. The monoisotopic (exact) mass is 438 g/mol. The average Bonchev–Trinajstić information content (AvgIpc) is 3.24. The molecule has 1 aliphatic heterocycles. The molecule has 0 saturated carbocycles. The van der Waals surface area contributed by atoms with Gasteiger partial charge in [0, 0.05) is 50.2 Å². The molecule has 2 amide bonds. The second kappa shape index (κ2) is 10.2. The van der Waals surface area contributed by atoms with Gasteiger partial charge in [0.1, 0.15) is 5.75 Å². The van der Waals surface area contributed by atoms with Crippen LogP contribution in [0.3, 0.4) is 0 Å². The zero-order valence-electron chi connectivity index (χ0n) is 17.1. The normalized spacial score (nSPS) is 16.1. The molecule has 0 aliphatic carbocycles. The molecule has 3 rings (SSSR count). The third-order valence-electron chi connectivity index (χ3n) is 4.89. The number of carbonyl (C=O) groups is 1. The molecule has 7 nitrogen and oxygen atoms in total. The first-order valence-electron chi connectivity index (χ1n) is 9.87. The van der Waals surface area contributed by atoms with Crippen LogP contribution in [0.2, 0.25) is 0 Å². The van der Waals surface area contributed by atoms with Gasteiger partial charge in [-0.05, 0) is 36.1 Å². The summed E-state index contributed by atoms with van der Waals surface area (Å²) in [4.78, 5) is 18.1. The van der Waals surface area contributed by atoms with E-state index >= 15 is 0 Å². The molecular formula is C21H25F3N4O3. The lowest BCUT2D eigenvalue weighted by Crippen LogP contribution is -2.38. The maximum atomic E-state index is 12.2. The van der Waals surface area contributed by atoms with Crippen LogP contribution >= 0.6 is 0 Å². The fourth-order valence-electron chi connectivity index (χ4n) is 3.32. The second-order valence-corrected chi connectivity index (χ2v) is 7.27. The molecule has 1 aromatic carbocycles. The topological polar surface area (TPSA) is 75.7 Å². The lowest BCUT2D eigenvalue weighted by atomic mass is 10.1. The highest BCUT2D eigenvalue weighted by Crippen LogP contribution is 2.26. The lowest BCUT2D eigenvalue weighted by molar-refractivity contribution is -0.154. The van der Waals surface area contributed by atoms with Crippen molar-refractivity contribution in [1.29, 1.82) is 0 Å². The maximum absolute atomic E-state index is 12.2. The van der Waals surface area contributed by atoms with Gasteiger partial charge >= 0.3 is 12.2 Å². The highest BCUT2D eigenvalue weighted by atomic mass is 19.4. The Morgan fingerprint density at radius 3 is 2.87 bits per heavy atom. The molecule has 31 heavy (non-hydrogen) atoms. The molecule has 1 aliphatic rings. The van der Waals surface area contributed by atoms with E-state index in [0.717, 1.165) is 30.9 Å². The standard InChI is InChI=1S/C21H25F3N4O3/c1-30-18-4-2-3-17(10-18)28-8-6-16(13-28)12-27-20(29)26-11-15-5-7-25-19(9-15)31-14-21(22,23)24/h2-5,7,9-10,16H,6,8,11-14H2,1H3,(H2,26,27,29). The molecule has 2 heterocycles. The molecule has 0 bridgehead atoms. The molecule has 1 saturated heterocycles. The summed E-state index contributed by atoms with van der Waals surface area (Å²) >= 11 is 0. The molecule has 0 spiro atoms. The van der Waals surface area contributed by atoms with Gasteiger partial charge in [-0.2, -0.15) is 13.2 Å². The van der Waals surface area contributed by atoms with Crippen molar-refractivity contribution in [2.45, 2.75) is 19.1 Å². The Labute approximate surface area is 178 Å². The Balaban J connectivity index is 1.40. The molecule has 0 radical (unpaired) electrons. The Morgan fingerprint density at radius 1 is 1.26 bits per heavy atom. The van der Waals surface area contributed by atoms with Crippen LogP contribution in [0.25, 0.3) is 0 Å². The molecule has 1 atom stereocenters. The molecule has 1 fully saturated rings. The SMILES string of the molecule is COc1cccc(N2CCC(CNC(=O)NCc3ccnc(OCC(F)(F)F)c3)C2)c1. The number of ether oxygens (including phenoxy) is 2. The number of aromatic nitrogens is 1. The molecule has 1 aromatic heterocycles. The van der Waals surface area contributed by atoms with E-state index in [-0.39, 0.29) is 18.5 Å². The Kier molecular flexibility index (Phi) is 7.43. The zero-order valence-corrected chi connectivity index (χ0v) is 17.1. The van der Waals surface area contributed by atoms with Crippen LogP contribution in [0, 0.1) is 5.92 Å². The predicted molar refractivity (Wildman–Crippen MR) is 109 cm³/mol. The van der Waals surface area contributed by atoms with E-state index in [1.165, 1.54) is 12.3 Å². The van der Waals surface area contributed by atoms with Crippen LogP contribution in [0.1, 0.15) is 12.0 Å². The summed E-state index contributed by atoms with van der Waals surface area (Å²) in [6, 6.07) is 10.5. The van der Waals surface area contributed by atoms with Gasteiger partial charge in [-0.15, -0.1) is 0 Å². The largest absolute Gasteiger partial charge is 0.497 e. The number of amides is 2. The van der Waals surface area contributed by atoms with Crippen molar-refractivity contribution in [2.24, 2.45) is 5.92 Å². The van der Waals surface area contributed by atoms with E-state index in [0.29, 0.717) is 18.0 Å². The van der Waals surface area contributed by atoms with Crippen LogP contribution in [-0.4, -0.2) is 50.5 Å². The summed E-state index contributed by atoms with van der Waals surface area (Å²) in [6.07, 6.45) is -2.13. The number of carbonyl (C=O) groups excluding carboxylic acids is 1. The highest BCUT2D eigenvalue weighted by Gasteiger charge is 2.28. The number of hydrogen-bond acceptors (Lipinski definition) is 5. The van der Waals surface area contributed by atoms with Crippen LogP contribution in [0.15, 0.2) is 42.6 Å². The highest BCUT2D eigenvalue weighted by molar-refractivity contribution is 5.73. The quantitative estimate of drug-likeness (QED) is 0.661. The van der Waals surface area contributed by atoms with E-state index in [9.17, 15) is 18.0 Å². The van der Waals surface area contributed by atoms with Gasteiger partial charge in [0.25, 0.3) is 0 Å². The Bertz CT molecular complexity index is 879. The Hall–Kier alpha value is -3.17. The number of halogens is 3. The second-order valence-electron chi connectivity index (χ2n) is 7.27. The third kappa shape index (κ3) is 7.23. The molecule has 1 unspecified atom stereocenters. The molecule has 2 aromatic rings. The molecule has 10 heteroatoms. The molecular weight excluding hydrogens is 413 g/mol. The minimum absolute atomic E-state index is 0.138. The predicted octanol–water partition coefficient (Wildman–Crippen LogP) is 3.36. The number of benzene rings is 1. The summed E-state index contributed by atoms with van der Waals surface area (Å²) < 4.78 is 46.6. The first-order valence-corrected chi connectivity index (χ1v) is 9.87. The number of nitrogens with zero attached hydrogens (tertiary/aromatic N) is 2. The van der Waals surface area contributed by atoms with Gasteiger partial charge < -0.3 is 25.0 Å². The van der Waals surface area contributed by atoms with Gasteiger partial charge in [-0.1, -0.05) is 6.07 Å². The van der Waals surface area contributed by atoms with Crippen molar-refractivity contribution in [3.05, 3.63) is 48.2 Å². The number of nitrogens with one attached hydrogen (secondary N) is 2. The van der Waals surface area contributed by atoms with Crippen LogP contribution < -0.4 is 25.0 Å². The average molecular weight is 438 g/mol. The summed E-state index contributed by atoms with van der Waals surface area (Å²) in [7, 11) is 1.64. The summed E-state index contributed by atoms with van der Waals surface area (Å²) in [6.45, 7) is 1.00. The van der Waals surface area contributed by atoms with Crippen molar-refractivity contribution in [1.82, 2.24) is 15.6 Å². The first kappa shape index (κ1) is 22.5. The number of urea groups is 1. The van der Waals surface area contributed by atoms with Crippen molar-refractivity contribution in [2.75, 3.05) is 38.3 Å². The van der Waals surface area contributed by atoms with Gasteiger partial charge in [0.2, 0.25) is 5.88 Å². The van der Waals surface area contributed by atoms with Crippen LogP contribution in [0.5, 0.6) is 11.6 Å². The van der Waals surface area contributed by atoms with Crippen molar-refractivity contribution >= 4 is 11.7 Å². The van der Waals surface area contributed by atoms with Crippen molar-refractivity contribution < 1.29 is 27.4 Å². The fourth-order valence-corrected chi connectivity index (χ4v) is 3.32. The number of pyridine rings is 1. The van der Waals surface area contributed by atoms with E-state index in [1.54, 1.807) is 13.2 Å². The molecule has 168 valence electrons. The summed E-state index contributed by atoms with van der Waals surface area (Å²) in [5.74, 6) is 0.988. The number of hydrogen-bond donors (Lipinski definition) is 2. The third-order valence-corrected chi connectivity index (χ3v) is 4.89. The number of alkyl halides is 3. The fraction of sp³-hybridized carbons (Fsp3) is 0.429.